The molecule has 2 amide bonds. The van der Waals surface area contributed by atoms with Crippen molar-refractivity contribution in [3.63, 3.8) is 0 Å². The number of carbonyl (C=O) groups excluding carboxylic acids is 2. The highest BCUT2D eigenvalue weighted by Crippen LogP contribution is 2.39. The average Bonchev–Trinajstić information content (AvgIpc) is 3.11. The van der Waals surface area contributed by atoms with Gasteiger partial charge in [-0.1, -0.05) is 51.8 Å². The third-order valence-corrected chi connectivity index (χ3v) is 6.98. The molecule has 1 N–H and O–H groups in total. The first-order chi connectivity index (χ1) is 17.2. The smallest absolute Gasteiger partial charge is 0.335 e. The van der Waals surface area contributed by atoms with Crippen LogP contribution >= 0.6 is 39.3 Å². The number of carboxylic acid groups (broad SMARTS) is 1. The van der Waals surface area contributed by atoms with Gasteiger partial charge in [0.15, 0.2) is 11.5 Å². The zero-order valence-corrected chi connectivity index (χ0v) is 22.0. The lowest BCUT2D eigenvalue weighted by atomic mass is 10.1. The van der Waals surface area contributed by atoms with Crippen molar-refractivity contribution in [3.05, 3.63) is 97.3 Å². The van der Waals surface area contributed by atoms with Crippen LogP contribution in [0.3, 0.4) is 0 Å². The minimum Gasteiger partial charge on any atom is -0.493 e. The van der Waals surface area contributed by atoms with E-state index >= 15 is 0 Å². The van der Waals surface area contributed by atoms with E-state index in [-0.39, 0.29) is 39.8 Å². The van der Waals surface area contributed by atoms with Crippen molar-refractivity contribution in [2.45, 2.75) is 13.2 Å². The lowest BCUT2D eigenvalue weighted by Gasteiger charge is -2.14. The SMILES string of the molecule is COc1cc(/C=C2\SC(=O)N(Cc3ccc(Br)cc3)C2=O)cc(Cl)c1OCc1ccc(C(=O)O)cc1. The van der Waals surface area contributed by atoms with Gasteiger partial charge in [-0.05, 0) is 70.9 Å². The molecule has 0 bridgehead atoms. The van der Waals surface area contributed by atoms with Gasteiger partial charge >= 0.3 is 5.97 Å². The second-order valence-electron chi connectivity index (χ2n) is 7.72. The van der Waals surface area contributed by atoms with Gasteiger partial charge in [-0.25, -0.2) is 4.79 Å². The number of aromatic carboxylic acids is 1. The number of halogens is 2. The van der Waals surface area contributed by atoms with Crippen molar-refractivity contribution < 1.29 is 29.0 Å². The Kier molecular flexibility index (Phi) is 8.03. The number of amides is 2. The van der Waals surface area contributed by atoms with Crippen LogP contribution in [0.5, 0.6) is 11.5 Å². The molecule has 1 aliphatic rings. The molecule has 0 radical (unpaired) electrons. The molecule has 0 saturated carbocycles. The van der Waals surface area contributed by atoms with Gasteiger partial charge in [-0.3, -0.25) is 14.5 Å². The van der Waals surface area contributed by atoms with Crippen molar-refractivity contribution in [1.82, 2.24) is 4.90 Å². The fourth-order valence-corrected chi connectivity index (χ4v) is 4.80. The molecule has 36 heavy (non-hydrogen) atoms. The van der Waals surface area contributed by atoms with Gasteiger partial charge in [-0.2, -0.15) is 0 Å². The maximum absolute atomic E-state index is 12.9. The molecule has 0 aromatic heterocycles. The highest BCUT2D eigenvalue weighted by Gasteiger charge is 2.35. The number of imide groups is 1. The van der Waals surface area contributed by atoms with Crippen LogP contribution in [0.15, 0.2) is 70.0 Å². The Bertz CT molecular complexity index is 1360. The molecular weight excluding hydrogens is 570 g/mol. The number of benzene rings is 3. The van der Waals surface area contributed by atoms with E-state index in [4.69, 9.17) is 26.2 Å². The number of carboxylic acids is 1. The summed E-state index contributed by atoms with van der Waals surface area (Å²) < 4.78 is 12.2. The van der Waals surface area contributed by atoms with Crippen LogP contribution in [-0.4, -0.2) is 34.2 Å². The third kappa shape index (κ3) is 5.92. The Balaban J connectivity index is 1.50. The first kappa shape index (κ1) is 25.8. The molecule has 0 spiro atoms. The molecule has 3 aromatic rings. The zero-order chi connectivity index (χ0) is 25.8. The van der Waals surface area contributed by atoms with Crippen molar-refractivity contribution in [3.8, 4) is 11.5 Å². The molecular formula is C26H19BrClNO6S. The number of nitrogens with zero attached hydrogens (tertiary/aromatic N) is 1. The molecule has 7 nitrogen and oxygen atoms in total. The number of rotatable bonds is 8. The highest BCUT2D eigenvalue weighted by atomic mass is 79.9. The van der Waals surface area contributed by atoms with Gasteiger partial charge in [-0.15, -0.1) is 0 Å². The fraction of sp³-hybridized carbons (Fsp3) is 0.115. The molecule has 1 saturated heterocycles. The number of thioether (sulfide) groups is 1. The minimum absolute atomic E-state index is 0.143. The van der Waals surface area contributed by atoms with E-state index < -0.39 is 5.97 Å². The van der Waals surface area contributed by atoms with Gasteiger partial charge in [0, 0.05) is 4.47 Å². The van der Waals surface area contributed by atoms with Crippen molar-refractivity contribution in [1.29, 1.82) is 0 Å². The Hall–Kier alpha value is -3.27. The van der Waals surface area contributed by atoms with E-state index in [0.29, 0.717) is 17.1 Å². The summed E-state index contributed by atoms with van der Waals surface area (Å²) in [6.07, 6.45) is 1.59. The molecule has 1 aliphatic heterocycles. The van der Waals surface area contributed by atoms with Crippen LogP contribution in [0.1, 0.15) is 27.0 Å². The van der Waals surface area contributed by atoms with Crippen molar-refractivity contribution in [2.24, 2.45) is 0 Å². The second kappa shape index (κ2) is 11.2. The Morgan fingerprint density at radius 3 is 2.39 bits per heavy atom. The van der Waals surface area contributed by atoms with E-state index in [1.165, 1.54) is 24.1 Å². The molecule has 4 rings (SSSR count). The molecule has 1 heterocycles. The van der Waals surface area contributed by atoms with E-state index in [9.17, 15) is 14.4 Å². The van der Waals surface area contributed by atoms with Gasteiger partial charge in [0.05, 0.1) is 29.1 Å². The monoisotopic (exact) mass is 587 g/mol. The predicted octanol–water partition coefficient (Wildman–Crippen LogP) is 6.62. The fourth-order valence-electron chi connectivity index (χ4n) is 3.42. The van der Waals surface area contributed by atoms with Crippen LogP contribution in [0.25, 0.3) is 6.08 Å². The van der Waals surface area contributed by atoms with E-state index in [2.05, 4.69) is 15.9 Å². The Morgan fingerprint density at radius 2 is 1.75 bits per heavy atom. The third-order valence-electron chi connectivity index (χ3n) is 5.26. The lowest BCUT2D eigenvalue weighted by molar-refractivity contribution is -0.123. The standard InChI is InChI=1S/C26H19BrClNO6S/c1-34-21-11-17(10-20(28)23(21)35-14-16-2-6-18(7-3-16)25(31)32)12-22-24(30)29(26(33)36-22)13-15-4-8-19(27)9-5-15/h2-12H,13-14H2,1H3,(H,31,32)/b22-12-. The number of hydrogen-bond acceptors (Lipinski definition) is 6. The van der Waals surface area contributed by atoms with Crippen molar-refractivity contribution >= 4 is 62.5 Å². The lowest BCUT2D eigenvalue weighted by Crippen LogP contribution is -2.27. The first-order valence-electron chi connectivity index (χ1n) is 10.6. The van der Waals surface area contributed by atoms with Crippen LogP contribution < -0.4 is 9.47 Å². The van der Waals surface area contributed by atoms with Crippen molar-refractivity contribution in [2.75, 3.05) is 7.11 Å². The molecule has 3 aromatic carbocycles. The molecule has 0 aliphatic carbocycles. The number of carbonyl (C=O) groups is 3. The normalized spacial score (nSPS) is 14.4. The summed E-state index contributed by atoms with van der Waals surface area (Å²) in [7, 11) is 1.47. The Morgan fingerprint density at radius 1 is 1.08 bits per heavy atom. The van der Waals surface area contributed by atoms with Gasteiger partial charge in [0.25, 0.3) is 11.1 Å². The largest absolute Gasteiger partial charge is 0.493 e. The second-order valence-corrected chi connectivity index (χ2v) is 10.0. The summed E-state index contributed by atoms with van der Waals surface area (Å²) in [4.78, 5) is 37.9. The van der Waals surface area contributed by atoms with Gasteiger partial charge < -0.3 is 14.6 Å². The van der Waals surface area contributed by atoms with E-state index in [1.54, 1.807) is 30.3 Å². The summed E-state index contributed by atoms with van der Waals surface area (Å²) in [5.74, 6) is -0.728. The van der Waals surface area contributed by atoms with Crippen LogP contribution in [0, 0.1) is 0 Å². The Labute approximate surface area is 224 Å². The molecule has 10 heteroatoms. The van der Waals surface area contributed by atoms with Crippen LogP contribution in [0.2, 0.25) is 5.02 Å². The van der Waals surface area contributed by atoms with Gasteiger partial charge in [0.1, 0.15) is 6.61 Å². The maximum Gasteiger partial charge on any atom is 0.335 e. The summed E-state index contributed by atoms with van der Waals surface area (Å²) in [6, 6.07) is 17.0. The summed E-state index contributed by atoms with van der Waals surface area (Å²) >= 11 is 10.7. The minimum atomic E-state index is -1.01. The summed E-state index contributed by atoms with van der Waals surface area (Å²) in [6.45, 7) is 0.323. The van der Waals surface area contributed by atoms with Gasteiger partial charge in [0.2, 0.25) is 0 Å². The number of methoxy groups -OCH3 is 1. The maximum atomic E-state index is 12.9. The zero-order valence-electron chi connectivity index (χ0n) is 18.9. The van der Waals surface area contributed by atoms with Crippen LogP contribution in [-0.2, 0) is 17.9 Å². The first-order valence-corrected chi connectivity index (χ1v) is 12.6. The van der Waals surface area contributed by atoms with Crippen LogP contribution in [0.4, 0.5) is 4.79 Å². The average molecular weight is 589 g/mol. The molecule has 0 atom stereocenters. The van der Waals surface area contributed by atoms with E-state index in [1.807, 2.05) is 24.3 Å². The number of hydrogen-bond donors (Lipinski definition) is 1. The molecule has 1 fully saturated rings. The molecule has 0 unspecified atom stereocenters. The summed E-state index contributed by atoms with van der Waals surface area (Å²) in [5.41, 5.74) is 2.34. The molecule has 184 valence electrons. The predicted molar refractivity (Wildman–Crippen MR) is 141 cm³/mol. The van der Waals surface area contributed by atoms with E-state index in [0.717, 1.165) is 27.4 Å². The quantitative estimate of drug-likeness (QED) is 0.295. The number of ether oxygens (including phenoxy) is 2. The highest BCUT2D eigenvalue weighted by molar-refractivity contribution is 9.10. The summed E-state index contributed by atoms with van der Waals surface area (Å²) in [5, 5.41) is 8.94. The topological polar surface area (TPSA) is 93.1 Å².